The molecule has 2 atom stereocenters. The average Bonchev–Trinajstić information content (AvgIpc) is 2.21. The number of nitrogen functional groups attached to an aromatic ring is 1. The molecule has 5 heteroatoms. The van der Waals surface area contributed by atoms with Crippen LogP contribution in [-0.2, 0) is 0 Å². The van der Waals surface area contributed by atoms with Crippen molar-refractivity contribution in [2.45, 2.75) is 25.6 Å². The van der Waals surface area contributed by atoms with Gasteiger partial charge in [-0.05, 0) is 19.4 Å². The van der Waals surface area contributed by atoms with Crippen molar-refractivity contribution in [3.05, 3.63) is 23.5 Å². The van der Waals surface area contributed by atoms with Crippen LogP contribution in [0.25, 0.3) is 0 Å². The van der Waals surface area contributed by atoms with Crippen molar-refractivity contribution in [1.29, 1.82) is 0 Å². The number of nitrogens with zero attached hydrogens (tertiary/aromatic N) is 1. The van der Waals surface area contributed by atoms with Crippen LogP contribution < -0.4 is 5.73 Å². The number of hydrogen-bond donors (Lipinski definition) is 3. The van der Waals surface area contributed by atoms with E-state index in [1.54, 1.807) is 13.0 Å². The Bertz CT molecular complexity index is 333. The molecule has 15 heavy (non-hydrogen) atoms. The Balaban J connectivity index is 2.89. The fourth-order valence-corrected chi connectivity index (χ4v) is 1.81. The molecule has 0 fully saturated rings. The van der Waals surface area contributed by atoms with Gasteiger partial charge in [0, 0.05) is 16.6 Å². The molecule has 4 nitrogen and oxygen atoms in total. The van der Waals surface area contributed by atoms with Gasteiger partial charge < -0.3 is 15.9 Å². The number of nitrogens with two attached hydrogens (primary N) is 1. The monoisotopic (exact) mass is 274 g/mol. The molecule has 0 aliphatic rings. The summed E-state index contributed by atoms with van der Waals surface area (Å²) in [6.07, 6.45) is 0.280. The summed E-state index contributed by atoms with van der Waals surface area (Å²) in [7, 11) is 0. The van der Waals surface area contributed by atoms with Crippen LogP contribution in [0, 0.1) is 6.92 Å². The number of aryl methyl sites for hydroxylation is 1. The summed E-state index contributed by atoms with van der Waals surface area (Å²) < 4.78 is 0. The van der Waals surface area contributed by atoms with Gasteiger partial charge in [-0.25, -0.2) is 0 Å². The van der Waals surface area contributed by atoms with Gasteiger partial charge in [-0.3, -0.25) is 4.98 Å². The zero-order valence-electron chi connectivity index (χ0n) is 8.52. The van der Waals surface area contributed by atoms with Gasteiger partial charge >= 0.3 is 0 Å². The van der Waals surface area contributed by atoms with E-state index in [9.17, 15) is 10.2 Å². The van der Waals surface area contributed by atoms with Crippen LogP contribution in [0.1, 0.15) is 23.8 Å². The van der Waals surface area contributed by atoms with Crippen LogP contribution in [0.2, 0.25) is 0 Å². The quantitative estimate of drug-likeness (QED) is 0.720. The molecular weight excluding hydrogens is 260 g/mol. The molecule has 0 aromatic carbocycles. The highest BCUT2D eigenvalue weighted by molar-refractivity contribution is 9.09. The number of hydrogen-bond acceptors (Lipinski definition) is 4. The molecule has 2 unspecified atom stereocenters. The smallest absolute Gasteiger partial charge is 0.107 e. The lowest BCUT2D eigenvalue weighted by molar-refractivity contribution is 0.0168. The largest absolute Gasteiger partial charge is 0.397 e. The van der Waals surface area contributed by atoms with Crippen LogP contribution >= 0.6 is 15.9 Å². The van der Waals surface area contributed by atoms with Crippen molar-refractivity contribution >= 4 is 21.6 Å². The highest BCUT2D eigenvalue weighted by atomic mass is 79.9. The van der Waals surface area contributed by atoms with Gasteiger partial charge in [0.15, 0.2) is 0 Å². The number of aliphatic hydroxyl groups excluding tert-OH is 2. The van der Waals surface area contributed by atoms with E-state index in [0.717, 1.165) is 0 Å². The second-order valence-electron chi connectivity index (χ2n) is 3.43. The van der Waals surface area contributed by atoms with E-state index in [1.165, 1.54) is 6.20 Å². The number of aromatic nitrogens is 1. The Morgan fingerprint density at radius 1 is 1.53 bits per heavy atom. The molecule has 1 heterocycles. The molecule has 0 amide bonds. The molecule has 0 bridgehead atoms. The van der Waals surface area contributed by atoms with Gasteiger partial charge in [0.1, 0.15) is 6.10 Å². The summed E-state index contributed by atoms with van der Waals surface area (Å²) in [5.41, 5.74) is 7.33. The van der Waals surface area contributed by atoms with E-state index in [1.807, 2.05) is 0 Å². The summed E-state index contributed by atoms with van der Waals surface area (Å²) in [6.45, 7) is 1.78. The van der Waals surface area contributed by atoms with Gasteiger partial charge in [0.25, 0.3) is 0 Å². The van der Waals surface area contributed by atoms with Crippen molar-refractivity contribution < 1.29 is 10.2 Å². The van der Waals surface area contributed by atoms with Crippen LogP contribution in [0.4, 0.5) is 5.69 Å². The normalized spacial score (nSPS) is 14.9. The first kappa shape index (κ1) is 12.4. The van der Waals surface area contributed by atoms with Crippen LogP contribution in [0.5, 0.6) is 0 Å². The van der Waals surface area contributed by atoms with Crippen molar-refractivity contribution in [2.24, 2.45) is 0 Å². The Morgan fingerprint density at radius 3 is 2.80 bits per heavy atom. The Morgan fingerprint density at radius 2 is 2.20 bits per heavy atom. The number of alkyl halides is 1. The van der Waals surface area contributed by atoms with Gasteiger partial charge in [-0.1, -0.05) is 15.9 Å². The third-order valence-corrected chi connectivity index (χ3v) is 2.69. The van der Waals surface area contributed by atoms with E-state index >= 15 is 0 Å². The maximum Gasteiger partial charge on any atom is 0.107 e. The number of rotatable bonds is 4. The van der Waals surface area contributed by atoms with Crippen LogP contribution in [-0.4, -0.2) is 26.6 Å². The lowest BCUT2D eigenvalue weighted by Crippen LogP contribution is -2.20. The first-order valence-electron chi connectivity index (χ1n) is 4.70. The zero-order chi connectivity index (χ0) is 11.4. The molecule has 0 spiro atoms. The molecule has 1 aromatic rings. The van der Waals surface area contributed by atoms with E-state index in [-0.39, 0.29) is 0 Å². The predicted molar refractivity (Wildman–Crippen MR) is 62.8 cm³/mol. The van der Waals surface area contributed by atoms with Gasteiger partial charge in [0.05, 0.1) is 18.0 Å². The summed E-state index contributed by atoms with van der Waals surface area (Å²) in [5, 5.41) is 20.1. The lowest BCUT2D eigenvalue weighted by atomic mass is 10.0. The summed E-state index contributed by atoms with van der Waals surface area (Å²) in [5.74, 6) is 0. The SMILES string of the molecule is Cc1ncc(N)cc1C(O)C(O)CCBr. The zero-order valence-corrected chi connectivity index (χ0v) is 10.1. The fourth-order valence-electron chi connectivity index (χ4n) is 1.34. The standard InChI is InChI=1S/C10H15BrN2O2/c1-6-8(4-7(12)5-13-6)10(15)9(14)2-3-11/h4-5,9-10,14-15H,2-3,12H2,1H3. The molecule has 4 N–H and O–H groups in total. The minimum Gasteiger partial charge on any atom is -0.397 e. The second kappa shape index (κ2) is 5.44. The molecule has 1 aromatic heterocycles. The predicted octanol–water partition coefficient (Wildman–Crippen LogP) is 1.15. The van der Waals surface area contributed by atoms with Crippen LogP contribution in [0.3, 0.4) is 0 Å². The number of halogens is 1. The maximum absolute atomic E-state index is 9.86. The van der Waals surface area contributed by atoms with E-state index < -0.39 is 12.2 Å². The first-order chi connectivity index (χ1) is 7.06. The van der Waals surface area contributed by atoms with E-state index in [4.69, 9.17) is 5.73 Å². The van der Waals surface area contributed by atoms with Gasteiger partial charge in [0.2, 0.25) is 0 Å². The molecule has 0 saturated carbocycles. The number of anilines is 1. The summed E-state index contributed by atoms with van der Waals surface area (Å²) in [6, 6.07) is 1.64. The average molecular weight is 275 g/mol. The maximum atomic E-state index is 9.86. The fraction of sp³-hybridized carbons (Fsp3) is 0.500. The molecule has 84 valence electrons. The summed E-state index contributed by atoms with van der Waals surface area (Å²) in [4.78, 5) is 4.03. The number of aliphatic hydroxyl groups is 2. The van der Waals surface area contributed by atoms with Crippen molar-refractivity contribution in [3.8, 4) is 0 Å². The van der Waals surface area contributed by atoms with Gasteiger partial charge in [-0.15, -0.1) is 0 Å². The van der Waals surface area contributed by atoms with Crippen molar-refractivity contribution in [1.82, 2.24) is 4.98 Å². The molecule has 1 rings (SSSR count). The van der Waals surface area contributed by atoms with E-state index in [2.05, 4.69) is 20.9 Å². The lowest BCUT2D eigenvalue weighted by Gasteiger charge is -2.18. The number of pyridine rings is 1. The van der Waals surface area contributed by atoms with Crippen LogP contribution in [0.15, 0.2) is 12.3 Å². The third kappa shape index (κ3) is 3.15. The molecule has 0 radical (unpaired) electrons. The topological polar surface area (TPSA) is 79.4 Å². The molecule has 0 saturated heterocycles. The molecule has 0 aliphatic carbocycles. The highest BCUT2D eigenvalue weighted by Gasteiger charge is 2.20. The first-order valence-corrected chi connectivity index (χ1v) is 5.82. The summed E-state index contributed by atoms with van der Waals surface area (Å²) >= 11 is 3.21. The minimum absolute atomic E-state index is 0.482. The third-order valence-electron chi connectivity index (χ3n) is 2.24. The molecular formula is C10H15BrN2O2. The second-order valence-corrected chi connectivity index (χ2v) is 4.23. The Labute approximate surface area is 97.3 Å². The Kier molecular flexibility index (Phi) is 4.50. The molecule has 0 aliphatic heterocycles. The van der Waals surface area contributed by atoms with E-state index in [0.29, 0.717) is 28.7 Å². The Hall–Kier alpha value is -0.650. The van der Waals surface area contributed by atoms with Crippen molar-refractivity contribution in [3.63, 3.8) is 0 Å². The van der Waals surface area contributed by atoms with Gasteiger partial charge in [-0.2, -0.15) is 0 Å². The van der Waals surface area contributed by atoms with Crippen molar-refractivity contribution in [2.75, 3.05) is 11.1 Å². The minimum atomic E-state index is -0.932. The highest BCUT2D eigenvalue weighted by Crippen LogP contribution is 2.23.